The molecule has 0 radical (unpaired) electrons. The predicted octanol–water partition coefficient (Wildman–Crippen LogP) is 1.49. The highest BCUT2D eigenvalue weighted by atomic mass is 16.5. The summed E-state index contributed by atoms with van der Waals surface area (Å²) in [6, 6.07) is 6.93. The lowest BCUT2D eigenvalue weighted by Crippen LogP contribution is -2.20. The molecule has 0 spiro atoms. The molecule has 3 aromatic rings. The van der Waals surface area contributed by atoms with E-state index in [1.165, 1.54) is 0 Å². The Kier molecular flexibility index (Phi) is 1.39. The molecule has 3 rings (SSSR count). The maximum absolute atomic E-state index is 11.0. The quantitative estimate of drug-likeness (QED) is 0.518. The smallest absolute Gasteiger partial charge is 0.422 e. The zero-order valence-corrected chi connectivity index (χ0v) is 7.35. The van der Waals surface area contributed by atoms with Crippen LogP contribution in [0.4, 0.5) is 0 Å². The number of benzene rings is 1. The minimum absolute atomic E-state index is 0.0687. The van der Waals surface area contributed by atoms with Crippen LogP contribution in [0.3, 0.4) is 0 Å². The van der Waals surface area contributed by atoms with Crippen LogP contribution in [-0.4, -0.2) is 0 Å². The van der Waals surface area contributed by atoms with Crippen molar-refractivity contribution in [2.75, 3.05) is 0 Å². The van der Waals surface area contributed by atoms with Gasteiger partial charge in [-0.15, -0.1) is 0 Å². The largest absolute Gasteiger partial charge is 0.425 e. The fourth-order valence-electron chi connectivity index (χ4n) is 1.42. The average Bonchev–Trinajstić information content (AvgIpc) is 2.57. The van der Waals surface area contributed by atoms with Crippen molar-refractivity contribution in [1.29, 1.82) is 0 Å². The first-order valence-electron chi connectivity index (χ1n) is 4.21. The van der Waals surface area contributed by atoms with E-state index >= 15 is 0 Å². The minimum Gasteiger partial charge on any atom is -0.422 e. The molecule has 0 amide bonds. The summed E-state index contributed by atoms with van der Waals surface area (Å²) >= 11 is 0. The van der Waals surface area contributed by atoms with E-state index in [-0.39, 0.29) is 11.4 Å². The van der Waals surface area contributed by atoms with Crippen molar-refractivity contribution in [3.63, 3.8) is 0 Å². The van der Waals surface area contributed by atoms with Gasteiger partial charge < -0.3 is 13.3 Å². The van der Waals surface area contributed by atoms with Crippen molar-refractivity contribution >= 4 is 22.3 Å². The third-order valence-electron chi connectivity index (χ3n) is 2.07. The van der Waals surface area contributed by atoms with Gasteiger partial charge in [-0.25, -0.2) is 9.59 Å². The van der Waals surface area contributed by atoms with Crippen LogP contribution >= 0.6 is 0 Å². The summed E-state index contributed by atoms with van der Waals surface area (Å²) in [5.41, 5.74) is -1.43. The molecule has 0 saturated heterocycles. The Balaban J connectivity index is 2.67. The Labute approximate surface area is 81.5 Å². The molecule has 5 nitrogen and oxygen atoms in total. The third kappa shape index (κ3) is 1.03. The Morgan fingerprint density at radius 2 is 1.60 bits per heavy atom. The molecule has 5 heteroatoms. The van der Waals surface area contributed by atoms with E-state index in [1.54, 1.807) is 24.3 Å². The number of rotatable bonds is 0. The van der Waals surface area contributed by atoms with E-state index in [1.807, 2.05) is 0 Å². The summed E-state index contributed by atoms with van der Waals surface area (Å²) in [5, 5.41) is 0.605. The Morgan fingerprint density at radius 1 is 0.867 bits per heavy atom. The van der Waals surface area contributed by atoms with E-state index in [2.05, 4.69) is 4.42 Å². The van der Waals surface area contributed by atoms with Crippen molar-refractivity contribution in [2.24, 2.45) is 0 Å². The predicted molar refractivity (Wildman–Crippen MR) is 50.8 cm³/mol. The molecule has 0 aliphatic carbocycles. The van der Waals surface area contributed by atoms with Gasteiger partial charge in [0.15, 0.2) is 0 Å². The van der Waals surface area contributed by atoms with Crippen LogP contribution in [0.1, 0.15) is 0 Å². The third-order valence-corrected chi connectivity index (χ3v) is 2.07. The van der Waals surface area contributed by atoms with Crippen molar-refractivity contribution < 1.29 is 13.3 Å². The van der Waals surface area contributed by atoms with Gasteiger partial charge in [0.25, 0.3) is 0 Å². The Morgan fingerprint density at radius 3 is 2.47 bits per heavy atom. The molecule has 0 aliphatic rings. The van der Waals surface area contributed by atoms with Gasteiger partial charge in [0, 0.05) is 0 Å². The summed E-state index contributed by atoms with van der Waals surface area (Å²) in [4.78, 5) is 21.8. The van der Waals surface area contributed by atoms with Crippen molar-refractivity contribution in [3.8, 4) is 0 Å². The van der Waals surface area contributed by atoms with E-state index < -0.39 is 11.3 Å². The van der Waals surface area contributed by atoms with Crippen LogP contribution in [0.2, 0.25) is 0 Å². The highest BCUT2D eigenvalue weighted by molar-refractivity contribution is 5.98. The first-order valence-corrected chi connectivity index (χ1v) is 4.21. The maximum Gasteiger partial charge on any atom is 0.425 e. The monoisotopic (exact) mass is 204 g/mol. The fraction of sp³-hybridized carbons (Fsp3) is 0. The van der Waals surface area contributed by atoms with Crippen LogP contribution < -0.4 is 11.3 Å². The zero-order chi connectivity index (χ0) is 10.4. The van der Waals surface area contributed by atoms with E-state index in [9.17, 15) is 9.59 Å². The summed E-state index contributed by atoms with van der Waals surface area (Å²) in [5.74, 6) is -0.0687. The molecule has 0 atom stereocenters. The second-order valence-corrected chi connectivity index (χ2v) is 2.99. The number of furan rings is 1. The fourth-order valence-corrected chi connectivity index (χ4v) is 1.42. The molecule has 0 fully saturated rings. The second-order valence-electron chi connectivity index (χ2n) is 2.99. The van der Waals surface area contributed by atoms with Gasteiger partial charge in [0.1, 0.15) is 5.58 Å². The van der Waals surface area contributed by atoms with Gasteiger partial charge in [-0.1, -0.05) is 12.1 Å². The Bertz CT molecular complexity index is 758. The van der Waals surface area contributed by atoms with E-state index in [0.29, 0.717) is 11.0 Å². The number of para-hydroxylation sites is 1. The summed E-state index contributed by atoms with van der Waals surface area (Å²) in [6.45, 7) is 0. The number of fused-ring (bicyclic) bond motifs is 3. The Hall–Kier alpha value is -2.30. The highest BCUT2D eigenvalue weighted by Crippen LogP contribution is 2.25. The van der Waals surface area contributed by atoms with E-state index in [4.69, 9.17) is 8.83 Å². The minimum atomic E-state index is -1.07. The lowest BCUT2D eigenvalue weighted by atomic mass is 10.2. The molecule has 74 valence electrons. The molecule has 0 saturated carbocycles. The van der Waals surface area contributed by atoms with Gasteiger partial charge in [-0.05, 0) is 12.1 Å². The highest BCUT2D eigenvalue weighted by Gasteiger charge is 2.13. The van der Waals surface area contributed by atoms with Gasteiger partial charge in [0.05, 0.1) is 5.39 Å². The molecule has 0 bridgehead atoms. The maximum atomic E-state index is 11.0. The average molecular weight is 204 g/mol. The van der Waals surface area contributed by atoms with Crippen molar-refractivity contribution in [3.05, 3.63) is 45.1 Å². The number of hydrogen-bond donors (Lipinski definition) is 0. The molecule has 0 unspecified atom stereocenters. The van der Waals surface area contributed by atoms with Gasteiger partial charge >= 0.3 is 17.0 Å². The second kappa shape index (κ2) is 2.60. The molecule has 1 aromatic carbocycles. The van der Waals surface area contributed by atoms with Crippen LogP contribution in [0.15, 0.2) is 47.1 Å². The van der Waals surface area contributed by atoms with Crippen LogP contribution in [-0.2, 0) is 0 Å². The summed E-state index contributed by atoms with van der Waals surface area (Å²) < 4.78 is 14.6. The molecule has 2 heterocycles. The van der Waals surface area contributed by atoms with Crippen LogP contribution in [0.5, 0.6) is 0 Å². The van der Waals surface area contributed by atoms with Crippen LogP contribution in [0, 0.1) is 0 Å². The first-order chi connectivity index (χ1) is 7.25. The SMILES string of the molecule is O=c1oc2oc3ccccc3c2oc1=O. The van der Waals surface area contributed by atoms with Gasteiger partial charge in [-0.3, -0.25) is 0 Å². The molecule has 0 aliphatic heterocycles. The zero-order valence-electron chi connectivity index (χ0n) is 7.35. The van der Waals surface area contributed by atoms with Crippen molar-refractivity contribution in [2.45, 2.75) is 0 Å². The molecule has 0 N–H and O–H groups in total. The van der Waals surface area contributed by atoms with Crippen molar-refractivity contribution in [1.82, 2.24) is 0 Å². The summed E-state index contributed by atoms with van der Waals surface area (Å²) in [6.07, 6.45) is 0. The lowest BCUT2D eigenvalue weighted by molar-refractivity contribution is 0.404. The van der Waals surface area contributed by atoms with Gasteiger partial charge in [0.2, 0.25) is 5.58 Å². The molecular weight excluding hydrogens is 200 g/mol. The molecule has 15 heavy (non-hydrogen) atoms. The van der Waals surface area contributed by atoms with Gasteiger partial charge in [-0.2, -0.15) is 0 Å². The van der Waals surface area contributed by atoms with Crippen LogP contribution in [0.25, 0.3) is 22.3 Å². The topological polar surface area (TPSA) is 73.6 Å². The van der Waals surface area contributed by atoms with E-state index in [0.717, 1.165) is 0 Å². The lowest BCUT2D eigenvalue weighted by Gasteiger charge is -1.83. The molecule has 2 aromatic heterocycles. The molecular formula is C10H4O5. The normalized spacial score (nSPS) is 11.2. The number of hydrogen-bond acceptors (Lipinski definition) is 5. The first kappa shape index (κ1) is 8.05. The standard InChI is InChI=1S/C10H4O5/c11-8-9(12)15-10-7(14-8)5-3-1-2-4-6(5)13-10/h1-4H. The summed E-state index contributed by atoms with van der Waals surface area (Å²) in [7, 11) is 0.